The molecule has 1 aliphatic heterocycles. The topological polar surface area (TPSA) is 75.4 Å². The first-order valence-corrected chi connectivity index (χ1v) is 8.67. The number of nitrogens with zero attached hydrogens (tertiary/aromatic N) is 3. The Morgan fingerprint density at radius 3 is 2.48 bits per heavy atom. The first kappa shape index (κ1) is 17.2. The summed E-state index contributed by atoms with van der Waals surface area (Å²) in [5.74, 6) is -0.869. The van der Waals surface area contributed by atoms with Crippen molar-refractivity contribution in [3.63, 3.8) is 0 Å². The summed E-state index contributed by atoms with van der Waals surface area (Å²) in [7, 11) is 0. The number of amides is 1. The van der Waals surface area contributed by atoms with Gasteiger partial charge >= 0.3 is 5.97 Å². The number of aryl methyl sites for hydroxylation is 1. The molecule has 1 saturated heterocycles. The number of piperidine rings is 1. The smallest absolute Gasteiger partial charge is 0.339 e. The second kappa shape index (κ2) is 7.09. The molecule has 2 aromatic rings. The fourth-order valence-corrected chi connectivity index (χ4v) is 3.52. The van der Waals surface area contributed by atoms with Gasteiger partial charge in [-0.1, -0.05) is 25.1 Å². The third-order valence-electron chi connectivity index (χ3n) is 5.00. The molecule has 0 saturated carbocycles. The predicted molar refractivity (Wildman–Crippen MR) is 93.9 cm³/mol. The van der Waals surface area contributed by atoms with Crippen LogP contribution in [0.3, 0.4) is 0 Å². The van der Waals surface area contributed by atoms with E-state index in [9.17, 15) is 9.59 Å². The number of aromatic nitrogens is 2. The standard InChI is InChI=1S/C19H23N3O3/c1-3-14-6-4-5-7-16(14)18(23)21-10-8-15(9-11-21)22-13(2)17(12-20-22)19(24)25/h4-7,12,15H,3,8-11H2,1-2H3,(H,24,25). The number of carboxylic acids is 1. The maximum Gasteiger partial charge on any atom is 0.339 e. The summed E-state index contributed by atoms with van der Waals surface area (Å²) < 4.78 is 1.80. The second-order valence-electron chi connectivity index (χ2n) is 6.43. The van der Waals surface area contributed by atoms with E-state index < -0.39 is 5.97 Å². The van der Waals surface area contributed by atoms with Gasteiger partial charge in [-0.25, -0.2) is 4.79 Å². The summed E-state index contributed by atoms with van der Waals surface area (Å²) in [6.07, 6.45) is 3.80. The number of carboxylic acid groups (broad SMARTS) is 1. The van der Waals surface area contributed by atoms with Gasteiger partial charge in [0.1, 0.15) is 5.56 Å². The first-order chi connectivity index (χ1) is 12.0. The Bertz CT molecular complexity index is 789. The van der Waals surface area contributed by atoms with E-state index >= 15 is 0 Å². The van der Waals surface area contributed by atoms with E-state index in [-0.39, 0.29) is 17.5 Å². The molecule has 1 aromatic heterocycles. The number of likely N-dealkylation sites (tertiary alicyclic amines) is 1. The minimum absolute atomic E-state index is 0.0827. The van der Waals surface area contributed by atoms with Gasteiger partial charge in [0.2, 0.25) is 0 Å². The number of carbonyl (C=O) groups excluding carboxylic acids is 1. The van der Waals surface area contributed by atoms with Gasteiger partial charge in [0.05, 0.1) is 17.9 Å². The monoisotopic (exact) mass is 341 g/mol. The molecule has 0 spiro atoms. The van der Waals surface area contributed by atoms with Crippen LogP contribution in [0.15, 0.2) is 30.5 Å². The second-order valence-corrected chi connectivity index (χ2v) is 6.43. The van der Waals surface area contributed by atoms with E-state index in [1.807, 2.05) is 29.2 Å². The van der Waals surface area contributed by atoms with Crippen molar-refractivity contribution in [2.45, 2.75) is 39.2 Å². The fourth-order valence-electron chi connectivity index (χ4n) is 3.52. The Kier molecular flexibility index (Phi) is 4.88. The molecule has 1 N–H and O–H groups in total. The Morgan fingerprint density at radius 2 is 1.88 bits per heavy atom. The summed E-state index contributed by atoms with van der Waals surface area (Å²) in [5.41, 5.74) is 2.78. The number of hydrogen-bond acceptors (Lipinski definition) is 3. The molecule has 25 heavy (non-hydrogen) atoms. The molecule has 3 rings (SSSR count). The molecule has 0 aliphatic carbocycles. The van der Waals surface area contributed by atoms with Crippen LogP contribution in [-0.4, -0.2) is 44.8 Å². The molecule has 0 bridgehead atoms. The summed E-state index contributed by atoms with van der Waals surface area (Å²) in [5, 5.41) is 13.4. The van der Waals surface area contributed by atoms with Gasteiger partial charge in [0.25, 0.3) is 5.91 Å². The zero-order chi connectivity index (χ0) is 18.0. The molecule has 0 unspecified atom stereocenters. The number of aromatic carboxylic acids is 1. The summed E-state index contributed by atoms with van der Waals surface area (Å²) >= 11 is 0. The van der Waals surface area contributed by atoms with Gasteiger partial charge in [0, 0.05) is 18.7 Å². The normalized spacial score (nSPS) is 15.4. The Hall–Kier alpha value is -2.63. The molecular formula is C19H23N3O3. The van der Waals surface area contributed by atoms with Gasteiger partial charge in [-0.2, -0.15) is 5.10 Å². The van der Waals surface area contributed by atoms with E-state index in [1.54, 1.807) is 11.6 Å². The van der Waals surface area contributed by atoms with E-state index in [2.05, 4.69) is 12.0 Å². The van der Waals surface area contributed by atoms with Crippen LogP contribution in [-0.2, 0) is 6.42 Å². The molecular weight excluding hydrogens is 318 g/mol. The molecule has 1 aromatic carbocycles. The van der Waals surface area contributed by atoms with Crippen molar-refractivity contribution in [3.8, 4) is 0 Å². The van der Waals surface area contributed by atoms with Crippen LogP contribution >= 0.6 is 0 Å². The SMILES string of the molecule is CCc1ccccc1C(=O)N1CCC(n2ncc(C(=O)O)c2C)CC1. The molecule has 0 atom stereocenters. The molecule has 1 amide bonds. The molecule has 1 fully saturated rings. The van der Waals surface area contributed by atoms with Crippen LogP contribution in [0.1, 0.15) is 57.8 Å². The van der Waals surface area contributed by atoms with Crippen LogP contribution in [0, 0.1) is 6.92 Å². The lowest BCUT2D eigenvalue weighted by molar-refractivity contribution is 0.0687. The van der Waals surface area contributed by atoms with Crippen molar-refractivity contribution in [1.29, 1.82) is 0 Å². The Labute approximate surface area is 147 Å². The summed E-state index contributed by atoms with van der Waals surface area (Å²) in [6, 6.07) is 7.89. The van der Waals surface area contributed by atoms with Crippen molar-refractivity contribution in [1.82, 2.24) is 14.7 Å². The molecule has 0 radical (unpaired) electrons. The maximum atomic E-state index is 12.8. The third-order valence-corrected chi connectivity index (χ3v) is 5.00. The lowest BCUT2D eigenvalue weighted by atomic mass is 10.0. The highest BCUT2D eigenvalue weighted by Gasteiger charge is 2.27. The quantitative estimate of drug-likeness (QED) is 0.928. The molecule has 6 nitrogen and oxygen atoms in total. The highest BCUT2D eigenvalue weighted by atomic mass is 16.4. The van der Waals surface area contributed by atoms with Crippen molar-refractivity contribution in [2.24, 2.45) is 0 Å². The highest BCUT2D eigenvalue weighted by Crippen LogP contribution is 2.26. The van der Waals surface area contributed by atoms with Gasteiger partial charge in [-0.3, -0.25) is 9.48 Å². The van der Waals surface area contributed by atoms with Gasteiger partial charge in [0.15, 0.2) is 0 Å². The first-order valence-electron chi connectivity index (χ1n) is 8.67. The van der Waals surface area contributed by atoms with E-state index in [0.717, 1.165) is 30.4 Å². The highest BCUT2D eigenvalue weighted by molar-refractivity contribution is 5.95. The van der Waals surface area contributed by atoms with E-state index in [0.29, 0.717) is 18.8 Å². The average molecular weight is 341 g/mol. The van der Waals surface area contributed by atoms with Crippen molar-refractivity contribution in [2.75, 3.05) is 13.1 Å². The van der Waals surface area contributed by atoms with Gasteiger partial charge in [-0.05, 0) is 37.8 Å². The van der Waals surface area contributed by atoms with E-state index in [1.165, 1.54) is 6.20 Å². The largest absolute Gasteiger partial charge is 0.478 e. The van der Waals surface area contributed by atoms with Crippen LogP contribution in [0.4, 0.5) is 0 Å². The molecule has 132 valence electrons. The zero-order valence-corrected chi connectivity index (χ0v) is 14.6. The van der Waals surface area contributed by atoms with Gasteiger partial charge < -0.3 is 10.0 Å². The summed E-state index contributed by atoms with van der Waals surface area (Å²) in [4.78, 5) is 25.9. The predicted octanol–water partition coefficient (Wildman–Crippen LogP) is 2.93. The fraction of sp³-hybridized carbons (Fsp3) is 0.421. The Morgan fingerprint density at radius 1 is 1.20 bits per heavy atom. The Balaban J connectivity index is 1.70. The molecule has 2 heterocycles. The van der Waals surface area contributed by atoms with Gasteiger partial charge in [-0.15, -0.1) is 0 Å². The minimum atomic E-state index is -0.951. The summed E-state index contributed by atoms with van der Waals surface area (Å²) in [6.45, 7) is 5.15. The maximum absolute atomic E-state index is 12.8. The van der Waals surface area contributed by atoms with Crippen LogP contribution in [0.2, 0.25) is 0 Å². The van der Waals surface area contributed by atoms with Crippen molar-refractivity contribution < 1.29 is 14.7 Å². The van der Waals surface area contributed by atoms with Crippen molar-refractivity contribution in [3.05, 3.63) is 52.8 Å². The van der Waals surface area contributed by atoms with Crippen molar-refractivity contribution >= 4 is 11.9 Å². The number of rotatable bonds is 4. The minimum Gasteiger partial charge on any atom is -0.478 e. The molecule has 6 heteroatoms. The average Bonchev–Trinajstić information content (AvgIpc) is 3.03. The lowest BCUT2D eigenvalue weighted by Gasteiger charge is -2.33. The van der Waals surface area contributed by atoms with Crippen LogP contribution in [0.25, 0.3) is 0 Å². The molecule has 1 aliphatic rings. The zero-order valence-electron chi connectivity index (χ0n) is 14.6. The third kappa shape index (κ3) is 3.29. The van der Waals surface area contributed by atoms with Crippen LogP contribution < -0.4 is 0 Å². The number of benzene rings is 1. The lowest BCUT2D eigenvalue weighted by Crippen LogP contribution is -2.39. The number of carbonyl (C=O) groups is 2. The van der Waals surface area contributed by atoms with Crippen LogP contribution in [0.5, 0.6) is 0 Å². The number of hydrogen-bond donors (Lipinski definition) is 1. The van der Waals surface area contributed by atoms with E-state index in [4.69, 9.17) is 5.11 Å².